The van der Waals surface area contributed by atoms with Crippen LogP contribution in [0.5, 0.6) is 0 Å². The predicted molar refractivity (Wildman–Crippen MR) is 140 cm³/mol. The summed E-state index contributed by atoms with van der Waals surface area (Å²) in [6, 6.07) is 27.2. The predicted octanol–water partition coefficient (Wildman–Crippen LogP) is 6.05. The van der Waals surface area contributed by atoms with Crippen molar-refractivity contribution in [3.63, 3.8) is 0 Å². The first-order chi connectivity index (χ1) is 16.7. The Morgan fingerprint density at radius 1 is 0.824 bits per heavy atom. The molecule has 0 unspecified atom stereocenters. The van der Waals surface area contributed by atoms with Crippen LogP contribution in [0, 0.1) is 6.92 Å². The summed E-state index contributed by atoms with van der Waals surface area (Å²) in [5.41, 5.74) is 5.98. The van der Waals surface area contributed by atoms with Gasteiger partial charge in [0, 0.05) is 19.5 Å². The molecule has 0 radical (unpaired) electrons. The Bertz CT molecular complexity index is 1200. The summed E-state index contributed by atoms with van der Waals surface area (Å²) in [6.45, 7) is 3.77. The fourth-order valence-corrected chi connectivity index (χ4v) is 4.51. The molecule has 1 amide bonds. The highest BCUT2D eigenvalue weighted by Crippen LogP contribution is 2.19. The quantitative estimate of drug-likeness (QED) is 0.266. The number of fused-ring (bicyclic) bond motifs is 1. The van der Waals surface area contributed by atoms with Gasteiger partial charge in [0.15, 0.2) is 0 Å². The molecule has 0 aliphatic heterocycles. The molecule has 176 valence electrons. The van der Waals surface area contributed by atoms with Crippen molar-refractivity contribution in [2.75, 3.05) is 6.54 Å². The maximum Gasteiger partial charge on any atom is 0.224 e. The van der Waals surface area contributed by atoms with Crippen molar-refractivity contribution in [1.29, 1.82) is 0 Å². The maximum atomic E-state index is 12.2. The first kappa shape index (κ1) is 23.7. The van der Waals surface area contributed by atoms with Crippen LogP contribution in [0.25, 0.3) is 11.0 Å². The molecule has 1 aromatic heterocycles. The van der Waals surface area contributed by atoms with Crippen LogP contribution < -0.4 is 5.32 Å². The molecular formula is C30H35N3O. The monoisotopic (exact) mass is 453 g/mol. The number of aryl methyl sites for hydroxylation is 4. The minimum absolute atomic E-state index is 0.106. The van der Waals surface area contributed by atoms with Gasteiger partial charge < -0.3 is 9.88 Å². The van der Waals surface area contributed by atoms with E-state index < -0.39 is 0 Å². The van der Waals surface area contributed by atoms with Gasteiger partial charge >= 0.3 is 0 Å². The highest BCUT2D eigenvalue weighted by molar-refractivity contribution is 5.78. The first-order valence-corrected chi connectivity index (χ1v) is 12.5. The number of imidazole rings is 1. The number of hydrogen-bond acceptors (Lipinski definition) is 2. The standard InChI is InChI=1S/C30H35N3O/c1-24-13-7-8-17-26(24)23-30(34)31-21-11-3-6-20-29-32-27-18-9-10-19-28(27)33(29)22-12-16-25-14-4-2-5-15-25/h2,4-5,7-10,13-15,17-19H,3,6,11-12,16,20-23H2,1H3,(H,31,34). The van der Waals surface area contributed by atoms with E-state index in [0.29, 0.717) is 6.42 Å². The van der Waals surface area contributed by atoms with Crippen molar-refractivity contribution < 1.29 is 4.79 Å². The molecule has 0 saturated carbocycles. The number of para-hydroxylation sites is 2. The summed E-state index contributed by atoms with van der Waals surface area (Å²) in [5, 5.41) is 3.07. The number of benzene rings is 3. The second-order valence-corrected chi connectivity index (χ2v) is 9.02. The van der Waals surface area contributed by atoms with Crippen molar-refractivity contribution >= 4 is 16.9 Å². The van der Waals surface area contributed by atoms with E-state index in [1.54, 1.807) is 0 Å². The van der Waals surface area contributed by atoms with Crippen molar-refractivity contribution in [2.24, 2.45) is 0 Å². The fourth-order valence-electron chi connectivity index (χ4n) is 4.51. The zero-order chi connectivity index (χ0) is 23.6. The van der Waals surface area contributed by atoms with E-state index in [9.17, 15) is 4.79 Å². The molecule has 0 aliphatic carbocycles. The van der Waals surface area contributed by atoms with Crippen LogP contribution in [0.1, 0.15) is 48.2 Å². The number of nitrogens with zero attached hydrogens (tertiary/aromatic N) is 2. The van der Waals surface area contributed by atoms with E-state index in [2.05, 4.69) is 77.5 Å². The van der Waals surface area contributed by atoms with Gasteiger partial charge in [0.25, 0.3) is 0 Å². The Kier molecular flexibility index (Phi) is 8.50. The molecule has 4 aromatic rings. The molecule has 1 heterocycles. The molecule has 3 aromatic carbocycles. The Morgan fingerprint density at radius 3 is 2.44 bits per heavy atom. The van der Waals surface area contributed by atoms with E-state index in [4.69, 9.17) is 4.98 Å². The summed E-state index contributed by atoms with van der Waals surface area (Å²) in [7, 11) is 0. The highest BCUT2D eigenvalue weighted by atomic mass is 16.1. The zero-order valence-corrected chi connectivity index (χ0v) is 20.2. The number of carbonyl (C=O) groups is 1. The zero-order valence-electron chi connectivity index (χ0n) is 20.2. The van der Waals surface area contributed by atoms with Crippen LogP contribution in [0.15, 0.2) is 78.9 Å². The molecule has 4 nitrogen and oxygen atoms in total. The average molecular weight is 454 g/mol. The van der Waals surface area contributed by atoms with Gasteiger partial charge in [-0.05, 0) is 61.4 Å². The van der Waals surface area contributed by atoms with Gasteiger partial charge in [-0.3, -0.25) is 4.79 Å². The van der Waals surface area contributed by atoms with E-state index in [1.165, 1.54) is 22.5 Å². The Balaban J connectivity index is 1.23. The number of rotatable bonds is 12. The van der Waals surface area contributed by atoms with E-state index in [-0.39, 0.29) is 5.91 Å². The van der Waals surface area contributed by atoms with Crippen LogP contribution in [0.2, 0.25) is 0 Å². The lowest BCUT2D eigenvalue weighted by Crippen LogP contribution is -2.26. The molecule has 4 rings (SSSR count). The molecule has 0 saturated heterocycles. The van der Waals surface area contributed by atoms with Gasteiger partial charge in [-0.2, -0.15) is 0 Å². The van der Waals surface area contributed by atoms with Gasteiger partial charge in [0.05, 0.1) is 17.5 Å². The number of carbonyl (C=O) groups excluding carboxylic acids is 1. The summed E-state index contributed by atoms with van der Waals surface area (Å²) in [5.74, 6) is 1.28. The normalized spacial score (nSPS) is 11.1. The summed E-state index contributed by atoms with van der Waals surface area (Å²) in [4.78, 5) is 17.2. The lowest BCUT2D eigenvalue weighted by Gasteiger charge is -2.10. The number of aromatic nitrogens is 2. The summed E-state index contributed by atoms with van der Waals surface area (Å²) in [6.07, 6.45) is 6.76. The van der Waals surface area contributed by atoms with E-state index >= 15 is 0 Å². The molecule has 4 heteroatoms. The second kappa shape index (κ2) is 12.2. The molecule has 1 N–H and O–H groups in total. The van der Waals surface area contributed by atoms with Crippen molar-refractivity contribution in [2.45, 2.75) is 58.4 Å². The van der Waals surface area contributed by atoms with Crippen molar-refractivity contribution in [3.05, 3.63) is 101 Å². The Hall–Kier alpha value is -3.40. The van der Waals surface area contributed by atoms with Crippen LogP contribution >= 0.6 is 0 Å². The number of hydrogen-bond donors (Lipinski definition) is 1. The molecule has 0 fully saturated rings. The lowest BCUT2D eigenvalue weighted by atomic mass is 10.1. The van der Waals surface area contributed by atoms with Crippen LogP contribution in [-0.4, -0.2) is 22.0 Å². The second-order valence-electron chi connectivity index (χ2n) is 9.02. The Labute approximate surface area is 203 Å². The Morgan fingerprint density at radius 2 is 1.59 bits per heavy atom. The summed E-state index contributed by atoms with van der Waals surface area (Å²) < 4.78 is 2.41. The van der Waals surface area contributed by atoms with Gasteiger partial charge in [0.2, 0.25) is 5.91 Å². The molecule has 0 bridgehead atoms. The third kappa shape index (κ3) is 6.57. The van der Waals surface area contributed by atoms with E-state index in [0.717, 1.165) is 62.7 Å². The largest absolute Gasteiger partial charge is 0.356 e. The number of nitrogens with one attached hydrogen (secondary N) is 1. The molecule has 0 aliphatic rings. The van der Waals surface area contributed by atoms with E-state index in [1.807, 2.05) is 18.2 Å². The molecular weight excluding hydrogens is 418 g/mol. The highest BCUT2D eigenvalue weighted by Gasteiger charge is 2.10. The maximum absolute atomic E-state index is 12.2. The number of amides is 1. The average Bonchev–Trinajstić information content (AvgIpc) is 3.21. The third-order valence-electron chi connectivity index (χ3n) is 6.44. The van der Waals surface area contributed by atoms with Crippen LogP contribution in [0.3, 0.4) is 0 Å². The smallest absolute Gasteiger partial charge is 0.224 e. The fraction of sp³-hybridized carbons (Fsp3) is 0.333. The van der Waals surface area contributed by atoms with Crippen LogP contribution in [-0.2, 0) is 30.6 Å². The van der Waals surface area contributed by atoms with Gasteiger partial charge in [-0.25, -0.2) is 4.98 Å². The van der Waals surface area contributed by atoms with Crippen LogP contribution in [0.4, 0.5) is 0 Å². The minimum atomic E-state index is 0.106. The first-order valence-electron chi connectivity index (χ1n) is 12.5. The topological polar surface area (TPSA) is 46.9 Å². The molecule has 0 spiro atoms. The molecule has 34 heavy (non-hydrogen) atoms. The lowest BCUT2D eigenvalue weighted by molar-refractivity contribution is -0.120. The van der Waals surface area contributed by atoms with Crippen molar-refractivity contribution in [1.82, 2.24) is 14.9 Å². The SMILES string of the molecule is Cc1ccccc1CC(=O)NCCCCCc1nc2ccccc2n1CCCc1ccccc1. The van der Waals surface area contributed by atoms with Crippen molar-refractivity contribution in [3.8, 4) is 0 Å². The van der Waals surface area contributed by atoms with Gasteiger partial charge in [-0.15, -0.1) is 0 Å². The minimum Gasteiger partial charge on any atom is -0.356 e. The van der Waals surface area contributed by atoms with Gasteiger partial charge in [0.1, 0.15) is 5.82 Å². The third-order valence-corrected chi connectivity index (χ3v) is 6.44. The number of unbranched alkanes of at least 4 members (excludes halogenated alkanes) is 2. The van der Waals surface area contributed by atoms with Gasteiger partial charge in [-0.1, -0.05) is 73.2 Å². The molecule has 0 atom stereocenters. The summed E-state index contributed by atoms with van der Waals surface area (Å²) >= 11 is 0.